The summed E-state index contributed by atoms with van der Waals surface area (Å²) in [5, 5.41) is 25.7. The number of ether oxygens (including phenoxy) is 6. The summed E-state index contributed by atoms with van der Waals surface area (Å²) >= 11 is 0. The summed E-state index contributed by atoms with van der Waals surface area (Å²) < 4.78 is 32.2. The molecule has 2 N–H and O–H groups in total. The molecule has 0 aliphatic heterocycles. The molecule has 0 fully saturated rings. The molecule has 2 rings (SSSR count). The van der Waals surface area contributed by atoms with E-state index in [9.17, 15) is 0 Å². The maximum absolute atomic E-state index is 8.60. The highest BCUT2D eigenvalue weighted by atomic mass is 16.6. The maximum atomic E-state index is 8.60. The van der Waals surface area contributed by atoms with Crippen molar-refractivity contribution in [2.24, 2.45) is 10.2 Å². The van der Waals surface area contributed by atoms with Crippen LogP contribution < -0.4 is 9.47 Å². The van der Waals surface area contributed by atoms with Crippen molar-refractivity contribution in [2.75, 3.05) is 79.3 Å². The molecule has 2 aromatic rings. The molecule has 2 aromatic carbocycles. The first-order valence-corrected chi connectivity index (χ1v) is 11.2. The molecule has 0 spiro atoms. The first kappa shape index (κ1) is 27.6. The molecular formula is C24H34N2O8. The Morgan fingerprint density at radius 1 is 0.441 bits per heavy atom. The van der Waals surface area contributed by atoms with Crippen LogP contribution in [0, 0.1) is 0 Å². The van der Waals surface area contributed by atoms with E-state index in [-0.39, 0.29) is 13.2 Å². The Labute approximate surface area is 200 Å². The number of rotatable bonds is 20. The first-order chi connectivity index (χ1) is 16.8. The van der Waals surface area contributed by atoms with E-state index >= 15 is 0 Å². The zero-order valence-electron chi connectivity index (χ0n) is 19.3. The monoisotopic (exact) mass is 478 g/mol. The summed E-state index contributed by atoms with van der Waals surface area (Å²) in [5.41, 5.74) is 1.43. The molecule has 0 atom stereocenters. The van der Waals surface area contributed by atoms with Crippen LogP contribution in [0.4, 0.5) is 11.4 Å². The molecule has 34 heavy (non-hydrogen) atoms. The Kier molecular flexibility index (Phi) is 15.3. The Morgan fingerprint density at radius 2 is 0.765 bits per heavy atom. The highest BCUT2D eigenvalue weighted by Crippen LogP contribution is 2.23. The third-order valence-corrected chi connectivity index (χ3v) is 4.16. The van der Waals surface area contributed by atoms with E-state index in [4.69, 9.17) is 38.6 Å². The molecular weight excluding hydrogens is 444 g/mol. The molecule has 0 saturated carbocycles. The van der Waals surface area contributed by atoms with Gasteiger partial charge < -0.3 is 38.6 Å². The van der Waals surface area contributed by atoms with Gasteiger partial charge in [-0.05, 0) is 48.5 Å². The second kappa shape index (κ2) is 18.8. The summed E-state index contributed by atoms with van der Waals surface area (Å²) in [4.78, 5) is 0. The normalized spacial score (nSPS) is 11.2. The first-order valence-electron chi connectivity index (χ1n) is 11.2. The summed E-state index contributed by atoms with van der Waals surface area (Å²) in [7, 11) is 0. The van der Waals surface area contributed by atoms with Crippen LogP contribution in [0.1, 0.15) is 0 Å². The quantitative estimate of drug-likeness (QED) is 0.220. The number of aliphatic hydroxyl groups excluding tert-OH is 2. The van der Waals surface area contributed by atoms with Crippen LogP contribution in [-0.4, -0.2) is 89.5 Å². The molecule has 0 aliphatic rings. The van der Waals surface area contributed by atoms with Gasteiger partial charge in [-0.2, -0.15) is 10.2 Å². The summed E-state index contributed by atoms with van der Waals surface area (Å²) in [6.45, 7) is 4.29. The lowest BCUT2D eigenvalue weighted by atomic mass is 10.3. The van der Waals surface area contributed by atoms with Gasteiger partial charge >= 0.3 is 0 Å². The van der Waals surface area contributed by atoms with E-state index < -0.39 is 0 Å². The summed E-state index contributed by atoms with van der Waals surface area (Å²) in [5.74, 6) is 1.45. The lowest BCUT2D eigenvalue weighted by Gasteiger charge is -2.08. The van der Waals surface area contributed by atoms with Gasteiger partial charge in [-0.3, -0.25) is 0 Å². The van der Waals surface area contributed by atoms with Gasteiger partial charge in [0.25, 0.3) is 0 Å². The number of nitrogens with zero attached hydrogens (tertiary/aromatic N) is 2. The van der Waals surface area contributed by atoms with Crippen molar-refractivity contribution in [3.8, 4) is 11.5 Å². The largest absolute Gasteiger partial charge is 0.491 e. The fourth-order valence-electron chi connectivity index (χ4n) is 2.54. The van der Waals surface area contributed by atoms with Crippen LogP contribution >= 0.6 is 0 Å². The summed E-state index contributed by atoms with van der Waals surface area (Å²) in [6.07, 6.45) is 0. The number of hydrogen-bond acceptors (Lipinski definition) is 10. The van der Waals surface area contributed by atoms with Gasteiger partial charge in [-0.25, -0.2) is 0 Å². The molecule has 0 aliphatic carbocycles. The minimum absolute atomic E-state index is 0.0156. The Balaban J connectivity index is 1.60. The number of azo groups is 1. The number of hydrogen-bond donors (Lipinski definition) is 2. The topological polar surface area (TPSA) is 121 Å². The van der Waals surface area contributed by atoms with Gasteiger partial charge in [0.1, 0.15) is 24.7 Å². The molecule has 0 heterocycles. The zero-order valence-corrected chi connectivity index (χ0v) is 19.3. The Bertz CT molecular complexity index is 706. The van der Waals surface area contributed by atoms with Crippen LogP contribution in [0.25, 0.3) is 0 Å². The van der Waals surface area contributed by atoms with Crippen LogP contribution in [0.2, 0.25) is 0 Å². The van der Waals surface area contributed by atoms with Crippen molar-refractivity contribution in [1.29, 1.82) is 0 Å². The Hall–Kier alpha value is -2.60. The lowest BCUT2D eigenvalue weighted by molar-refractivity contribution is 0.0247. The highest BCUT2D eigenvalue weighted by molar-refractivity contribution is 5.44. The smallest absolute Gasteiger partial charge is 0.119 e. The maximum Gasteiger partial charge on any atom is 0.119 e. The minimum atomic E-state index is 0.0156. The van der Waals surface area contributed by atoms with Gasteiger partial charge in [-0.15, -0.1) is 0 Å². The third-order valence-electron chi connectivity index (χ3n) is 4.16. The van der Waals surface area contributed by atoms with E-state index in [0.717, 1.165) is 11.5 Å². The average molecular weight is 479 g/mol. The lowest BCUT2D eigenvalue weighted by Crippen LogP contribution is -2.11. The van der Waals surface area contributed by atoms with Crippen molar-refractivity contribution in [1.82, 2.24) is 0 Å². The van der Waals surface area contributed by atoms with Crippen LogP contribution in [0.3, 0.4) is 0 Å². The molecule has 0 saturated heterocycles. The standard InChI is InChI=1S/C24H34N2O8/c27-9-11-29-13-15-31-17-19-33-23-5-1-21(2-6-23)25-26-22-3-7-24(8-4-22)34-20-18-32-16-14-30-12-10-28/h1-8,27-28H,9-20H2. The Morgan fingerprint density at radius 3 is 1.12 bits per heavy atom. The van der Waals surface area contributed by atoms with Gasteiger partial charge in [-0.1, -0.05) is 0 Å². The third kappa shape index (κ3) is 13.2. The highest BCUT2D eigenvalue weighted by Gasteiger charge is 1.98. The van der Waals surface area contributed by atoms with Gasteiger partial charge in [0.15, 0.2) is 0 Å². The zero-order chi connectivity index (χ0) is 24.1. The minimum Gasteiger partial charge on any atom is -0.491 e. The average Bonchev–Trinajstić information content (AvgIpc) is 2.87. The SMILES string of the molecule is OCCOCCOCCOc1ccc(N=Nc2ccc(OCCOCCOCCO)cc2)cc1. The predicted octanol–water partition coefficient (Wildman–Crippen LogP) is 2.91. The van der Waals surface area contributed by atoms with Crippen molar-refractivity contribution in [3.05, 3.63) is 48.5 Å². The van der Waals surface area contributed by atoms with Crippen molar-refractivity contribution >= 4 is 11.4 Å². The summed E-state index contributed by atoms with van der Waals surface area (Å²) in [6, 6.07) is 14.6. The van der Waals surface area contributed by atoms with Crippen molar-refractivity contribution < 1.29 is 38.6 Å². The van der Waals surface area contributed by atoms with E-state index in [1.54, 1.807) is 0 Å². The van der Waals surface area contributed by atoms with E-state index in [0.29, 0.717) is 77.4 Å². The second-order valence-electron chi connectivity index (χ2n) is 6.78. The predicted molar refractivity (Wildman–Crippen MR) is 125 cm³/mol. The van der Waals surface area contributed by atoms with Gasteiger partial charge in [0.2, 0.25) is 0 Å². The van der Waals surface area contributed by atoms with Gasteiger partial charge in [0, 0.05) is 0 Å². The van der Waals surface area contributed by atoms with Gasteiger partial charge in [0.05, 0.1) is 77.4 Å². The van der Waals surface area contributed by atoms with Crippen LogP contribution in [0.5, 0.6) is 11.5 Å². The fraction of sp³-hybridized carbons (Fsp3) is 0.500. The van der Waals surface area contributed by atoms with Crippen molar-refractivity contribution in [2.45, 2.75) is 0 Å². The van der Waals surface area contributed by atoms with Crippen LogP contribution in [-0.2, 0) is 18.9 Å². The van der Waals surface area contributed by atoms with E-state index in [1.165, 1.54) is 0 Å². The fourth-order valence-corrected chi connectivity index (χ4v) is 2.54. The van der Waals surface area contributed by atoms with E-state index in [1.807, 2.05) is 48.5 Å². The molecule has 0 aromatic heterocycles. The molecule has 0 amide bonds. The number of benzene rings is 2. The van der Waals surface area contributed by atoms with E-state index in [2.05, 4.69) is 10.2 Å². The molecule has 0 bridgehead atoms. The van der Waals surface area contributed by atoms with Crippen LogP contribution in [0.15, 0.2) is 58.8 Å². The van der Waals surface area contributed by atoms with Crippen molar-refractivity contribution in [3.63, 3.8) is 0 Å². The molecule has 10 nitrogen and oxygen atoms in total. The molecule has 188 valence electrons. The molecule has 10 heteroatoms. The second-order valence-corrected chi connectivity index (χ2v) is 6.78. The molecule has 0 radical (unpaired) electrons. The number of aliphatic hydroxyl groups is 2. The molecule has 0 unspecified atom stereocenters.